The Kier molecular flexibility index (Phi) is 2.98. The molecule has 0 aliphatic carbocycles. The number of amides is 1. The number of halogens is 2. The van der Waals surface area contributed by atoms with E-state index in [4.69, 9.17) is 11.6 Å². The molecular formula is C10H10BrClN2O. The van der Waals surface area contributed by atoms with E-state index in [0.29, 0.717) is 11.5 Å². The summed E-state index contributed by atoms with van der Waals surface area (Å²) < 4.78 is 0.767. The van der Waals surface area contributed by atoms with E-state index in [-0.39, 0.29) is 11.1 Å². The van der Waals surface area contributed by atoms with Crippen molar-refractivity contribution in [2.45, 2.75) is 6.92 Å². The summed E-state index contributed by atoms with van der Waals surface area (Å²) in [5.74, 6) is 0.555. The predicted octanol–water partition coefficient (Wildman–Crippen LogP) is 2.59. The summed E-state index contributed by atoms with van der Waals surface area (Å²) in [6, 6.07) is 1.71. The van der Waals surface area contributed by atoms with Gasteiger partial charge in [0.2, 0.25) is 0 Å². The lowest BCUT2D eigenvalue weighted by Crippen LogP contribution is -2.48. The molecule has 0 spiro atoms. The van der Waals surface area contributed by atoms with Crippen molar-refractivity contribution < 1.29 is 4.79 Å². The minimum Gasteiger partial charge on any atom is -0.338 e. The Labute approximate surface area is 102 Å². The van der Waals surface area contributed by atoms with E-state index in [1.54, 1.807) is 17.2 Å². The second-order valence-electron chi connectivity index (χ2n) is 3.81. The lowest BCUT2D eigenvalue weighted by atomic mass is 10.0. The van der Waals surface area contributed by atoms with Gasteiger partial charge >= 0.3 is 0 Å². The van der Waals surface area contributed by atoms with E-state index in [1.807, 2.05) is 0 Å². The van der Waals surface area contributed by atoms with Crippen molar-refractivity contribution in [1.82, 2.24) is 9.88 Å². The first-order valence-electron chi connectivity index (χ1n) is 4.68. The Bertz CT molecular complexity index is 404. The van der Waals surface area contributed by atoms with Gasteiger partial charge < -0.3 is 4.90 Å². The highest BCUT2D eigenvalue weighted by Crippen LogP contribution is 2.23. The summed E-state index contributed by atoms with van der Waals surface area (Å²) in [6.07, 6.45) is 1.58. The maximum atomic E-state index is 11.9. The number of hydrogen-bond acceptors (Lipinski definition) is 2. The molecule has 0 radical (unpaired) electrons. The molecule has 3 nitrogen and oxygen atoms in total. The third kappa shape index (κ3) is 2.16. The molecule has 1 amide bonds. The van der Waals surface area contributed by atoms with Crippen LogP contribution in [0.25, 0.3) is 0 Å². The molecule has 5 heteroatoms. The van der Waals surface area contributed by atoms with E-state index >= 15 is 0 Å². The van der Waals surface area contributed by atoms with Gasteiger partial charge in [-0.15, -0.1) is 0 Å². The van der Waals surface area contributed by atoms with Crippen molar-refractivity contribution in [3.05, 3.63) is 27.5 Å². The van der Waals surface area contributed by atoms with Crippen LogP contribution in [0.5, 0.6) is 0 Å². The Hall–Kier alpha value is -0.610. The molecule has 2 rings (SSSR count). The van der Waals surface area contributed by atoms with Gasteiger partial charge in [0.15, 0.2) is 0 Å². The molecule has 0 atom stereocenters. The predicted molar refractivity (Wildman–Crippen MR) is 62.0 cm³/mol. The van der Waals surface area contributed by atoms with Crippen molar-refractivity contribution in [3.8, 4) is 0 Å². The van der Waals surface area contributed by atoms with Crippen LogP contribution < -0.4 is 0 Å². The summed E-state index contributed by atoms with van der Waals surface area (Å²) in [5, 5.41) is 0.266. The first kappa shape index (κ1) is 10.9. The fourth-order valence-electron chi connectivity index (χ4n) is 1.61. The summed E-state index contributed by atoms with van der Waals surface area (Å²) >= 11 is 9.15. The highest BCUT2D eigenvalue weighted by molar-refractivity contribution is 9.10. The Morgan fingerprint density at radius 3 is 2.93 bits per heavy atom. The van der Waals surface area contributed by atoms with Crippen LogP contribution in [0.15, 0.2) is 16.7 Å². The topological polar surface area (TPSA) is 33.2 Å². The highest BCUT2D eigenvalue weighted by Gasteiger charge is 2.29. The van der Waals surface area contributed by atoms with Gasteiger partial charge in [-0.05, 0) is 27.9 Å². The summed E-state index contributed by atoms with van der Waals surface area (Å²) in [6.45, 7) is 3.73. The highest BCUT2D eigenvalue weighted by atomic mass is 79.9. The van der Waals surface area contributed by atoms with Crippen LogP contribution in [0.2, 0.25) is 5.15 Å². The molecule has 0 N–H and O–H groups in total. The average Bonchev–Trinajstić information content (AvgIpc) is 2.16. The molecule has 15 heavy (non-hydrogen) atoms. The fraction of sp³-hybridized carbons (Fsp3) is 0.400. The van der Waals surface area contributed by atoms with Crippen LogP contribution >= 0.6 is 27.5 Å². The number of pyridine rings is 1. The van der Waals surface area contributed by atoms with Crippen molar-refractivity contribution in [3.63, 3.8) is 0 Å². The molecule has 2 heterocycles. The van der Waals surface area contributed by atoms with Gasteiger partial charge in [0.1, 0.15) is 5.15 Å². The van der Waals surface area contributed by atoms with E-state index in [0.717, 1.165) is 17.6 Å². The average molecular weight is 290 g/mol. The third-order valence-corrected chi connectivity index (χ3v) is 3.12. The van der Waals surface area contributed by atoms with E-state index < -0.39 is 0 Å². The van der Waals surface area contributed by atoms with Crippen molar-refractivity contribution in [2.24, 2.45) is 5.92 Å². The lowest BCUT2D eigenvalue weighted by molar-refractivity contribution is 0.0530. The van der Waals surface area contributed by atoms with Gasteiger partial charge in [-0.25, -0.2) is 4.98 Å². The zero-order chi connectivity index (χ0) is 11.0. The zero-order valence-electron chi connectivity index (χ0n) is 8.20. The molecule has 1 fully saturated rings. The molecule has 1 aromatic heterocycles. The number of rotatable bonds is 1. The molecule has 0 saturated carbocycles. The van der Waals surface area contributed by atoms with Crippen molar-refractivity contribution >= 4 is 33.4 Å². The second-order valence-corrected chi connectivity index (χ2v) is 5.08. The standard InChI is InChI=1S/C10H10BrClN2O/c1-6-4-14(5-6)10(15)8-2-7(11)3-13-9(8)12/h2-3,6H,4-5H2,1H3. The summed E-state index contributed by atoms with van der Waals surface area (Å²) in [4.78, 5) is 17.6. The maximum Gasteiger partial charge on any atom is 0.257 e. The Morgan fingerprint density at radius 2 is 2.33 bits per heavy atom. The van der Waals surface area contributed by atoms with E-state index in [2.05, 4.69) is 27.8 Å². The minimum absolute atomic E-state index is 0.0353. The number of likely N-dealkylation sites (tertiary alicyclic amines) is 1. The molecule has 1 saturated heterocycles. The maximum absolute atomic E-state index is 11.9. The van der Waals surface area contributed by atoms with Crippen LogP contribution in [0.1, 0.15) is 17.3 Å². The van der Waals surface area contributed by atoms with Crippen LogP contribution in [-0.4, -0.2) is 28.9 Å². The zero-order valence-corrected chi connectivity index (χ0v) is 10.5. The molecule has 1 aliphatic heterocycles. The molecule has 0 unspecified atom stereocenters. The first-order valence-corrected chi connectivity index (χ1v) is 5.85. The quantitative estimate of drug-likeness (QED) is 0.745. The van der Waals surface area contributed by atoms with Crippen molar-refractivity contribution in [1.29, 1.82) is 0 Å². The molecule has 0 bridgehead atoms. The Morgan fingerprint density at radius 1 is 1.67 bits per heavy atom. The van der Waals surface area contributed by atoms with Crippen LogP contribution in [0.3, 0.4) is 0 Å². The van der Waals surface area contributed by atoms with Gasteiger partial charge in [-0.1, -0.05) is 18.5 Å². The van der Waals surface area contributed by atoms with Crippen LogP contribution in [0, 0.1) is 5.92 Å². The number of aromatic nitrogens is 1. The van der Waals surface area contributed by atoms with E-state index in [1.165, 1.54) is 0 Å². The smallest absolute Gasteiger partial charge is 0.257 e. The normalized spacial score (nSPS) is 16.3. The molecule has 1 aliphatic rings. The summed E-state index contributed by atoms with van der Waals surface area (Å²) in [5.41, 5.74) is 0.470. The number of nitrogens with zero attached hydrogens (tertiary/aromatic N) is 2. The van der Waals surface area contributed by atoms with E-state index in [9.17, 15) is 4.79 Å². The second kappa shape index (κ2) is 4.10. The third-order valence-electron chi connectivity index (χ3n) is 2.39. The molecule has 0 aromatic carbocycles. The number of carbonyl (C=O) groups excluding carboxylic acids is 1. The lowest BCUT2D eigenvalue weighted by Gasteiger charge is -2.37. The Balaban J connectivity index is 2.22. The fourth-order valence-corrected chi connectivity index (χ4v) is 2.12. The summed E-state index contributed by atoms with van der Waals surface area (Å²) in [7, 11) is 0. The minimum atomic E-state index is -0.0353. The first-order chi connectivity index (χ1) is 7.08. The van der Waals surface area contributed by atoms with Crippen LogP contribution in [0.4, 0.5) is 0 Å². The van der Waals surface area contributed by atoms with Gasteiger partial charge in [-0.3, -0.25) is 4.79 Å². The molecule has 80 valence electrons. The SMILES string of the molecule is CC1CN(C(=O)c2cc(Br)cnc2Cl)C1. The number of hydrogen-bond donors (Lipinski definition) is 0. The molecule has 1 aromatic rings. The van der Waals surface area contributed by atoms with Gasteiger partial charge in [0.25, 0.3) is 5.91 Å². The largest absolute Gasteiger partial charge is 0.338 e. The monoisotopic (exact) mass is 288 g/mol. The molecular weight excluding hydrogens is 279 g/mol. The van der Waals surface area contributed by atoms with Crippen LogP contribution in [-0.2, 0) is 0 Å². The van der Waals surface area contributed by atoms with Gasteiger partial charge in [0, 0.05) is 23.8 Å². The number of carbonyl (C=O) groups is 1. The van der Waals surface area contributed by atoms with Gasteiger partial charge in [-0.2, -0.15) is 0 Å². The van der Waals surface area contributed by atoms with Gasteiger partial charge in [0.05, 0.1) is 5.56 Å². The van der Waals surface area contributed by atoms with Crippen molar-refractivity contribution in [2.75, 3.05) is 13.1 Å².